The van der Waals surface area contributed by atoms with Crippen molar-refractivity contribution in [1.29, 1.82) is 0 Å². The Kier molecular flexibility index (Phi) is 24.3. The van der Waals surface area contributed by atoms with Gasteiger partial charge in [0.15, 0.2) is 46.0 Å². The number of amides is 10. The van der Waals surface area contributed by atoms with Crippen molar-refractivity contribution in [2.24, 2.45) is 0 Å². The van der Waals surface area contributed by atoms with Crippen molar-refractivity contribution in [2.75, 3.05) is 78.5 Å². The Morgan fingerprint density at radius 3 is 0.537 bits per heavy atom. The van der Waals surface area contributed by atoms with Gasteiger partial charge >= 0.3 is 11.8 Å². The number of benzene rings is 4. The third-order valence-corrected chi connectivity index (χ3v) is 12.1. The van der Waals surface area contributed by atoms with E-state index in [2.05, 4.69) is 42.5 Å². The van der Waals surface area contributed by atoms with Crippen LogP contribution in [0.4, 0.5) is 0 Å². The molecule has 0 aromatic heterocycles. The maximum absolute atomic E-state index is 14.4. The first-order chi connectivity index (χ1) is 39.1. The van der Waals surface area contributed by atoms with E-state index in [9.17, 15) is 88.8 Å². The third-order valence-electron chi connectivity index (χ3n) is 12.1. The van der Waals surface area contributed by atoms with Crippen LogP contribution in [0.15, 0.2) is 48.5 Å². The molecule has 4 rings (SSSR count). The van der Waals surface area contributed by atoms with E-state index in [4.69, 9.17) is 0 Å². The predicted molar refractivity (Wildman–Crippen MR) is 292 cm³/mol. The zero-order chi connectivity index (χ0) is 60.8. The van der Waals surface area contributed by atoms with Gasteiger partial charge in [0.2, 0.25) is 0 Å². The van der Waals surface area contributed by atoms with Crippen molar-refractivity contribution < 1.29 is 88.8 Å². The largest absolute Gasteiger partial charge is 0.504 e. The zero-order valence-electron chi connectivity index (χ0n) is 45.5. The molecule has 28 nitrogen and oxygen atoms in total. The van der Waals surface area contributed by atoms with Gasteiger partial charge in [-0.1, -0.05) is 27.7 Å². The molecule has 0 spiro atoms. The normalized spacial score (nSPS) is 10.6. The minimum atomic E-state index is -1.33. The molecule has 4 aromatic carbocycles. The molecule has 0 bridgehead atoms. The standard InChI is InChI=1S/C54H68N10O18/c1-5-17-55-45(73)29-9-13-33(41(69)37(29)65)49(77)59-21-25-63(26-22-60-50(78)34-14-10-30(38(66)42(34)70)46(74)56-18-6-2)53(81)54(82)64(27-23-61-51(79)35-15-11-31(39(67)43(35)71)47(75)57-19-7-3)28-24-62-52(80)36-16-12-32(40(68)44(36)72)48(76)58-20-8-4/h9-16,65-72H,5-8,17-28H2,1-4H3,(H,55,73)(H,56,74)(H,57,75)(H,58,76)(H,59,77)(H,60,78)(H,61,79)(H,62,80). The number of phenolic OH excluding ortho intramolecular Hbond substituents is 8. The summed E-state index contributed by atoms with van der Waals surface area (Å²) in [5, 5.41) is 105. The fraction of sp³-hybridized carbons (Fsp3) is 0.370. The monoisotopic (exact) mass is 1140 g/mol. The molecule has 0 fully saturated rings. The second kappa shape index (κ2) is 30.9. The van der Waals surface area contributed by atoms with Gasteiger partial charge in [0.05, 0.1) is 44.5 Å². The van der Waals surface area contributed by atoms with Gasteiger partial charge in [-0.15, -0.1) is 0 Å². The van der Waals surface area contributed by atoms with E-state index in [1.54, 1.807) is 27.7 Å². The van der Waals surface area contributed by atoms with Crippen LogP contribution in [0.3, 0.4) is 0 Å². The molecule has 4 aromatic rings. The van der Waals surface area contributed by atoms with Crippen molar-refractivity contribution in [1.82, 2.24) is 52.3 Å². The van der Waals surface area contributed by atoms with E-state index in [0.717, 1.165) is 58.3 Å². The molecule has 0 aliphatic heterocycles. The van der Waals surface area contributed by atoms with Crippen molar-refractivity contribution in [3.63, 3.8) is 0 Å². The van der Waals surface area contributed by atoms with E-state index in [1.165, 1.54) is 0 Å². The quantitative estimate of drug-likeness (QED) is 0.0273. The first-order valence-electron chi connectivity index (χ1n) is 26.1. The second-order valence-corrected chi connectivity index (χ2v) is 18.1. The van der Waals surface area contributed by atoms with E-state index in [-0.39, 0.29) is 48.4 Å². The number of carbonyl (C=O) groups excluding carboxylic acids is 10. The van der Waals surface area contributed by atoms with E-state index < -0.39 is 180 Å². The van der Waals surface area contributed by atoms with Gasteiger partial charge in [-0.05, 0) is 74.2 Å². The molecular weight excluding hydrogens is 1080 g/mol. The van der Waals surface area contributed by atoms with Crippen LogP contribution in [0.1, 0.15) is 136 Å². The van der Waals surface area contributed by atoms with E-state index in [1.807, 2.05) is 0 Å². The lowest BCUT2D eigenvalue weighted by molar-refractivity contribution is -0.151. The van der Waals surface area contributed by atoms with Gasteiger partial charge in [-0.3, -0.25) is 47.9 Å². The van der Waals surface area contributed by atoms with Gasteiger partial charge in [-0.2, -0.15) is 0 Å². The molecule has 28 heteroatoms. The number of nitrogens with one attached hydrogen (secondary N) is 8. The van der Waals surface area contributed by atoms with Crippen molar-refractivity contribution in [2.45, 2.75) is 53.4 Å². The Balaban J connectivity index is 1.63. The Morgan fingerprint density at radius 2 is 0.402 bits per heavy atom. The van der Waals surface area contributed by atoms with Crippen LogP contribution >= 0.6 is 0 Å². The smallest absolute Gasteiger partial charge is 0.312 e. The zero-order valence-corrected chi connectivity index (χ0v) is 45.5. The van der Waals surface area contributed by atoms with Crippen LogP contribution < -0.4 is 42.5 Å². The van der Waals surface area contributed by atoms with Crippen molar-refractivity contribution >= 4 is 59.1 Å². The number of phenols is 8. The van der Waals surface area contributed by atoms with Gasteiger partial charge in [0, 0.05) is 78.5 Å². The number of aromatic hydroxyl groups is 8. The van der Waals surface area contributed by atoms with Crippen LogP contribution in [-0.2, 0) is 9.59 Å². The van der Waals surface area contributed by atoms with Gasteiger partial charge in [0.25, 0.3) is 47.3 Å². The van der Waals surface area contributed by atoms with Crippen LogP contribution in [0.25, 0.3) is 0 Å². The topological polar surface area (TPSA) is 435 Å². The molecule has 0 aliphatic rings. The van der Waals surface area contributed by atoms with Crippen LogP contribution in [0.5, 0.6) is 46.0 Å². The molecule has 0 aliphatic carbocycles. The number of hydrogen-bond donors (Lipinski definition) is 16. The molecule has 0 saturated carbocycles. The molecule has 0 atom stereocenters. The molecule has 82 heavy (non-hydrogen) atoms. The average molecular weight is 1150 g/mol. The second-order valence-electron chi connectivity index (χ2n) is 18.1. The highest BCUT2D eigenvalue weighted by atomic mass is 16.3. The summed E-state index contributed by atoms with van der Waals surface area (Å²) in [5.74, 6) is -17.1. The van der Waals surface area contributed by atoms with Gasteiger partial charge in [0.1, 0.15) is 0 Å². The fourth-order valence-corrected chi connectivity index (χ4v) is 7.62. The summed E-state index contributed by atoms with van der Waals surface area (Å²) in [6.07, 6.45) is 2.23. The first-order valence-corrected chi connectivity index (χ1v) is 26.1. The highest BCUT2D eigenvalue weighted by Crippen LogP contribution is 2.36. The Morgan fingerprint density at radius 1 is 0.268 bits per heavy atom. The van der Waals surface area contributed by atoms with Gasteiger partial charge < -0.3 is 93.2 Å². The maximum Gasteiger partial charge on any atom is 0.312 e. The van der Waals surface area contributed by atoms with Crippen molar-refractivity contribution in [3.05, 3.63) is 93.0 Å². The molecule has 0 saturated heterocycles. The lowest BCUT2D eigenvalue weighted by Gasteiger charge is -2.28. The highest BCUT2D eigenvalue weighted by Gasteiger charge is 2.30. The predicted octanol–water partition coefficient (Wildman–Crippen LogP) is 0.568. The summed E-state index contributed by atoms with van der Waals surface area (Å²) in [4.78, 5) is 134. The SMILES string of the molecule is CCCNC(=O)c1ccc(C(=O)NCCN(CCNC(=O)c2ccc(C(=O)NCCC)c(O)c2O)C(=O)C(=O)N(CCNC(=O)c2ccc(C(=O)NCCC)c(O)c2O)CCNC(=O)c2ccc(C(=O)NCCC)c(O)c2O)c(O)c1O. The number of nitrogens with zero attached hydrogens (tertiary/aromatic N) is 2. The minimum Gasteiger partial charge on any atom is -0.504 e. The van der Waals surface area contributed by atoms with Crippen LogP contribution in [0, 0.1) is 0 Å². The summed E-state index contributed by atoms with van der Waals surface area (Å²) in [6.45, 7) is 4.05. The lowest BCUT2D eigenvalue weighted by atomic mass is 10.1. The Labute approximate surface area is 469 Å². The number of rotatable bonds is 28. The van der Waals surface area contributed by atoms with Gasteiger partial charge in [-0.25, -0.2) is 0 Å². The Hall–Kier alpha value is -10.0. The molecule has 442 valence electrons. The fourth-order valence-electron chi connectivity index (χ4n) is 7.62. The molecule has 0 radical (unpaired) electrons. The molecule has 10 amide bonds. The molecule has 0 heterocycles. The summed E-state index contributed by atoms with van der Waals surface area (Å²) in [5.41, 5.74) is -3.31. The summed E-state index contributed by atoms with van der Waals surface area (Å²) in [6, 6.07) is 8.58. The minimum absolute atomic E-state index is 0.246. The van der Waals surface area contributed by atoms with Crippen molar-refractivity contribution in [3.8, 4) is 46.0 Å². The third kappa shape index (κ3) is 16.5. The summed E-state index contributed by atoms with van der Waals surface area (Å²) in [7, 11) is 0. The van der Waals surface area contributed by atoms with Crippen LogP contribution in [0.2, 0.25) is 0 Å². The number of hydrogen-bond acceptors (Lipinski definition) is 18. The summed E-state index contributed by atoms with van der Waals surface area (Å²) >= 11 is 0. The van der Waals surface area contributed by atoms with E-state index >= 15 is 0 Å². The Bertz CT molecular complexity index is 2670. The highest BCUT2D eigenvalue weighted by molar-refractivity contribution is 6.35. The molecular formula is C54H68N10O18. The average Bonchev–Trinajstić information content (AvgIpc) is 3.51. The van der Waals surface area contributed by atoms with Crippen LogP contribution in [-0.4, -0.2) is 188 Å². The summed E-state index contributed by atoms with van der Waals surface area (Å²) < 4.78 is 0. The molecule has 16 N–H and O–H groups in total. The van der Waals surface area contributed by atoms with E-state index in [0.29, 0.717) is 25.7 Å². The first kappa shape index (κ1) is 64.5. The maximum atomic E-state index is 14.4. The number of carbonyl (C=O) groups is 10. The molecule has 0 unspecified atom stereocenters. The lowest BCUT2D eigenvalue weighted by Crippen LogP contribution is -2.52.